The number of hydrogen-bond acceptors (Lipinski definition) is 2. The molecule has 1 amide bonds. The van der Waals surface area contributed by atoms with Gasteiger partial charge in [0.05, 0.1) is 6.04 Å². The van der Waals surface area contributed by atoms with E-state index in [9.17, 15) is 4.79 Å². The average Bonchev–Trinajstić information content (AvgIpc) is 2.74. The van der Waals surface area contributed by atoms with Crippen molar-refractivity contribution in [3.63, 3.8) is 0 Å². The normalized spacial score (nSPS) is 20.2. The maximum absolute atomic E-state index is 11.7. The second-order valence-electron chi connectivity index (χ2n) is 3.65. The van der Waals surface area contributed by atoms with Gasteiger partial charge in [-0.05, 0) is 43.7 Å². The molecule has 0 aliphatic carbocycles. The summed E-state index contributed by atoms with van der Waals surface area (Å²) in [6, 6.07) is 7.58. The molecule has 15 heavy (non-hydrogen) atoms. The monoisotopic (exact) mass is 268 g/mol. The number of halogens is 1. The first-order valence-corrected chi connectivity index (χ1v) is 5.85. The lowest BCUT2D eigenvalue weighted by molar-refractivity contribution is -0.117. The van der Waals surface area contributed by atoms with E-state index in [4.69, 9.17) is 0 Å². The van der Waals surface area contributed by atoms with Gasteiger partial charge in [0.15, 0.2) is 0 Å². The first-order chi connectivity index (χ1) is 7.25. The lowest BCUT2D eigenvalue weighted by Gasteiger charge is -2.10. The van der Waals surface area contributed by atoms with Gasteiger partial charge in [0.1, 0.15) is 0 Å². The van der Waals surface area contributed by atoms with Gasteiger partial charge >= 0.3 is 0 Å². The number of carbonyl (C=O) groups is 1. The molecule has 0 spiro atoms. The van der Waals surface area contributed by atoms with E-state index in [0.29, 0.717) is 0 Å². The Labute approximate surface area is 97.4 Å². The molecule has 1 heterocycles. The summed E-state index contributed by atoms with van der Waals surface area (Å²) in [5.41, 5.74) is 0.844. The third-order valence-electron chi connectivity index (χ3n) is 2.49. The van der Waals surface area contributed by atoms with E-state index in [2.05, 4.69) is 26.6 Å². The molecule has 1 fully saturated rings. The molecule has 0 unspecified atom stereocenters. The molecular weight excluding hydrogens is 256 g/mol. The van der Waals surface area contributed by atoms with Crippen molar-refractivity contribution < 1.29 is 4.79 Å². The van der Waals surface area contributed by atoms with E-state index in [1.54, 1.807) is 0 Å². The number of hydrogen-bond donors (Lipinski definition) is 2. The summed E-state index contributed by atoms with van der Waals surface area (Å²) >= 11 is 3.35. The van der Waals surface area contributed by atoms with Crippen LogP contribution in [0.3, 0.4) is 0 Å². The van der Waals surface area contributed by atoms with Gasteiger partial charge in [0.2, 0.25) is 5.91 Å². The van der Waals surface area contributed by atoms with Gasteiger partial charge in [0.25, 0.3) is 0 Å². The molecule has 0 saturated carbocycles. The molecule has 1 atom stereocenters. The molecule has 1 aliphatic rings. The average molecular weight is 269 g/mol. The molecule has 1 saturated heterocycles. The minimum absolute atomic E-state index is 0.0198. The zero-order valence-corrected chi connectivity index (χ0v) is 9.88. The van der Waals surface area contributed by atoms with Crippen LogP contribution in [0.5, 0.6) is 0 Å². The van der Waals surface area contributed by atoms with Crippen LogP contribution in [0, 0.1) is 0 Å². The minimum atomic E-state index is -0.0198. The highest BCUT2D eigenvalue weighted by Crippen LogP contribution is 2.15. The molecule has 0 aromatic heterocycles. The number of anilines is 1. The van der Waals surface area contributed by atoms with Crippen molar-refractivity contribution in [1.29, 1.82) is 0 Å². The molecular formula is C11H13BrN2O. The Bertz CT molecular complexity index is 344. The Morgan fingerprint density at radius 1 is 1.40 bits per heavy atom. The van der Waals surface area contributed by atoms with Crippen LogP contribution in [-0.4, -0.2) is 18.5 Å². The molecule has 1 aromatic rings. The predicted octanol–water partition coefficient (Wildman–Crippen LogP) is 2.14. The third kappa shape index (κ3) is 2.79. The molecule has 1 aliphatic heterocycles. The number of nitrogens with one attached hydrogen (secondary N) is 2. The summed E-state index contributed by atoms with van der Waals surface area (Å²) in [6.07, 6.45) is 2.01. The van der Waals surface area contributed by atoms with Crippen LogP contribution in [0.2, 0.25) is 0 Å². The topological polar surface area (TPSA) is 41.1 Å². The Hall–Kier alpha value is -0.870. The van der Waals surface area contributed by atoms with Crippen LogP contribution in [0.1, 0.15) is 12.8 Å². The molecule has 0 radical (unpaired) electrons. The van der Waals surface area contributed by atoms with Gasteiger partial charge < -0.3 is 10.6 Å². The van der Waals surface area contributed by atoms with Gasteiger partial charge in [-0.1, -0.05) is 15.9 Å². The minimum Gasteiger partial charge on any atom is -0.325 e. The Morgan fingerprint density at radius 2 is 2.13 bits per heavy atom. The highest BCUT2D eigenvalue weighted by Gasteiger charge is 2.21. The van der Waals surface area contributed by atoms with E-state index in [1.165, 1.54) is 0 Å². The summed E-state index contributed by atoms with van der Waals surface area (Å²) in [7, 11) is 0. The molecule has 3 nitrogen and oxygen atoms in total. The van der Waals surface area contributed by atoms with E-state index < -0.39 is 0 Å². The van der Waals surface area contributed by atoms with Gasteiger partial charge in [-0.15, -0.1) is 0 Å². The van der Waals surface area contributed by atoms with Crippen LogP contribution in [0.4, 0.5) is 5.69 Å². The molecule has 0 bridgehead atoms. The van der Waals surface area contributed by atoms with E-state index in [0.717, 1.165) is 29.5 Å². The Kier molecular flexibility index (Phi) is 3.38. The summed E-state index contributed by atoms with van der Waals surface area (Å²) in [5.74, 6) is 0.0647. The molecule has 80 valence electrons. The van der Waals surface area contributed by atoms with Crippen molar-refractivity contribution >= 4 is 27.5 Å². The van der Waals surface area contributed by atoms with Crippen LogP contribution in [0.25, 0.3) is 0 Å². The molecule has 2 N–H and O–H groups in total. The molecule has 1 aromatic carbocycles. The van der Waals surface area contributed by atoms with E-state index in [-0.39, 0.29) is 11.9 Å². The highest BCUT2D eigenvalue weighted by atomic mass is 79.9. The van der Waals surface area contributed by atoms with Crippen molar-refractivity contribution in [3.8, 4) is 0 Å². The second kappa shape index (κ2) is 4.77. The van der Waals surface area contributed by atoms with Crippen molar-refractivity contribution in [2.45, 2.75) is 18.9 Å². The number of rotatable bonds is 2. The fourth-order valence-corrected chi connectivity index (χ4v) is 1.94. The van der Waals surface area contributed by atoms with E-state index in [1.807, 2.05) is 24.3 Å². The largest absolute Gasteiger partial charge is 0.325 e. The van der Waals surface area contributed by atoms with E-state index >= 15 is 0 Å². The second-order valence-corrected chi connectivity index (χ2v) is 4.56. The van der Waals surface area contributed by atoms with Crippen LogP contribution in [0.15, 0.2) is 28.7 Å². The number of carbonyl (C=O) groups excluding carboxylic acids is 1. The van der Waals surface area contributed by atoms with Crippen molar-refractivity contribution in [1.82, 2.24) is 5.32 Å². The maximum Gasteiger partial charge on any atom is 0.241 e. The standard InChI is InChI=1S/C11H13BrN2O/c12-8-3-5-9(6-4-8)14-11(15)10-2-1-7-13-10/h3-6,10,13H,1-2,7H2,(H,14,15)/t10-/m1/s1. The van der Waals surface area contributed by atoms with Crippen LogP contribution < -0.4 is 10.6 Å². The fraction of sp³-hybridized carbons (Fsp3) is 0.364. The van der Waals surface area contributed by atoms with Gasteiger partial charge in [0, 0.05) is 10.2 Å². The van der Waals surface area contributed by atoms with Crippen molar-refractivity contribution in [2.75, 3.05) is 11.9 Å². The Morgan fingerprint density at radius 3 is 2.73 bits per heavy atom. The summed E-state index contributed by atoms with van der Waals surface area (Å²) in [6.45, 7) is 0.943. The summed E-state index contributed by atoms with van der Waals surface area (Å²) < 4.78 is 1.01. The quantitative estimate of drug-likeness (QED) is 0.863. The Balaban J connectivity index is 1.96. The van der Waals surface area contributed by atoms with Gasteiger partial charge in [-0.3, -0.25) is 4.79 Å². The smallest absolute Gasteiger partial charge is 0.241 e. The predicted molar refractivity (Wildman–Crippen MR) is 63.8 cm³/mol. The molecule has 2 rings (SSSR count). The van der Waals surface area contributed by atoms with Gasteiger partial charge in [-0.25, -0.2) is 0 Å². The summed E-state index contributed by atoms with van der Waals surface area (Å²) in [4.78, 5) is 11.7. The third-order valence-corrected chi connectivity index (χ3v) is 3.02. The van der Waals surface area contributed by atoms with Crippen molar-refractivity contribution in [2.24, 2.45) is 0 Å². The first kappa shape index (κ1) is 10.6. The lowest BCUT2D eigenvalue weighted by atomic mass is 10.2. The highest BCUT2D eigenvalue weighted by molar-refractivity contribution is 9.10. The SMILES string of the molecule is O=C(Nc1ccc(Br)cc1)[C@H]1CCCN1. The number of benzene rings is 1. The van der Waals surface area contributed by atoms with Crippen LogP contribution in [-0.2, 0) is 4.79 Å². The lowest BCUT2D eigenvalue weighted by Crippen LogP contribution is -2.35. The zero-order chi connectivity index (χ0) is 10.7. The van der Waals surface area contributed by atoms with Crippen LogP contribution >= 0.6 is 15.9 Å². The maximum atomic E-state index is 11.7. The van der Waals surface area contributed by atoms with Gasteiger partial charge in [-0.2, -0.15) is 0 Å². The first-order valence-electron chi connectivity index (χ1n) is 5.05. The molecule has 4 heteroatoms. The zero-order valence-electron chi connectivity index (χ0n) is 8.29. The fourth-order valence-electron chi connectivity index (χ4n) is 1.67. The van der Waals surface area contributed by atoms with Crippen molar-refractivity contribution in [3.05, 3.63) is 28.7 Å². The summed E-state index contributed by atoms with van der Waals surface area (Å²) in [5, 5.41) is 6.06. The number of amides is 1.